The van der Waals surface area contributed by atoms with Crippen LogP contribution in [0.15, 0.2) is 30.3 Å². The second-order valence-corrected chi connectivity index (χ2v) is 2.80. The summed E-state index contributed by atoms with van der Waals surface area (Å²) in [5, 5.41) is 0. The number of hydrogen-bond donors (Lipinski definition) is 1. The summed E-state index contributed by atoms with van der Waals surface area (Å²) in [6.07, 6.45) is 2.39. The quantitative estimate of drug-likeness (QED) is 0.748. The van der Waals surface area contributed by atoms with Crippen molar-refractivity contribution in [3.8, 4) is 0 Å². The lowest BCUT2D eigenvalue weighted by atomic mass is 10.2. The van der Waals surface area contributed by atoms with Crippen molar-refractivity contribution in [3.05, 3.63) is 35.9 Å². The van der Waals surface area contributed by atoms with Crippen molar-refractivity contribution in [2.45, 2.75) is 26.7 Å². The second kappa shape index (κ2) is 11.1. The van der Waals surface area contributed by atoms with Gasteiger partial charge in [0, 0.05) is 0 Å². The Hall–Kier alpha value is -0.860. The molecule has 0 heterocycles. The van der Waals surface area contributed by atoms with Crippen molar-refractivity contribution in [3.63, 3.8) is 0 Å². The first kappa shape index (κ1) is 14.7. The third kappa shape index (κ3) is 11.1. The summed E-state index contributed by atoms with van der Waals surface area (Å²) in [5.41, 5.74) is 6.46. The Labute approximate surface area is 81.1 Å². The minimum Gasteiger partial charge on any atom is -0.412 e. The molecule has 0 aromatic heterocycles. The Bertz CT molecular complexity index is 173. The van der Waals surface area contributed by atoms with Crippen LogP contribution < -0.4 is 5.73 Å². The van der Waals surface area contributed by atoms with Crippen LogP contribution in [0.1, 0.15) is 25.3 Å². The molecule has 0 saturated carbocycles. The van der Waals surface area contributed by atoms with E-state index >= 15 is 0 Å². The molecule has 0 radical (unpaired) electrons. The lowest BCUT2D eigenvalue weighted by Gasteiger charge is -1.82. The highest BCUT2D eigenvalue weighted by Gasteiger charge is 1.72. The van der Waals surface area contributed by atoms with Gasteiger partial charge in [-0.1, -0.05) is 49.2 Å². The predicted molar refractivity (Wildman–Crippen MR) is 58.8 cm³/mol. The molecule has 76 valence electrons. The van der Waals surface area contributed by atoms with Crippen molar-refractivity contribution in [2.75, 3.05) is 6.54 Å². The number of nitrogens with two attached hydrogens (primary N) is 1. The van der Waals surface area contributed by atoms with E-state index in [-0.39, 0.29) is 5.48 Å². The fraction of sp³-hybridized carbons (Fsp3) is 0.455. The predicted octanol–water partition coefficient (Wildman–Crippen LogP) is 1.92. The molecule has 1 aromatic rings. The maximum Gasteiger partial charge on any atom is -0.00774 e. The van der Waals surface area contributed by atoms with Crippen LogP contribution >= 0.6 is 0 Å². The molecule has 4 N–H and O–H groups in total. The topological polar surface area (TPSA) is 57.5 Å². The van der Waals surface area contributed by atoms with Gasteiger partial charge in [-0.3, -0.25) is 0 Å². The largest absolute Gasteiger partial charge is 0.412 e. The Kier molecular flexibility index (Phi) is 12.6. The first-order chi connectivity index (χ1) is 5.81. The molecule has 0 aliphatic carbocycles. The van der Waals surface area contributed by atoms with E-state index in [2.05, 4.69) is 26.0 Å². The molecule has 13 heavy (non-hydrogen) atoms. The highest BCUT2D eigenvalue weighted by atomic mass is 16.0. The molecule has 0 spiro atoms. The van der Waals surface area contributed by atoms with Gasteiger partial charge in [-0.25, -0.2) is 0 Å². The van der Waals surface area contributed by atoms with E-state index in [0.29, 0.717) is 0 Å². The molecule has 0 aliphatic heterocycles. The van der Waals surface area contributed by atoms with Gasteiger partial charge in [0.15, 0.2) is 0 Å². The summed E-state index contributed by atoms with van der Waals surface area (Å²) in [6, 6.07) is 10.3. The standard InChI is InChI=1S/C7H8.C4H11N.H2O/c1-7-5-3-2-4-6-7;1-2-3-4-5;/h2-6H,1H3;2-5H2,1H3;1H2. The summed E-state index contributed by atoms with van der Waals surface area (Å²) in [4.78, 5) is 0. The monoisotopic (exact) mass is 183 g/mol. The van der Waals surface area contributed by atoms with E-state index in [0.717, 1.165) is 6.54 Å². The molecule has 0 amide bonds. The minimum absolute atomic E-state index is 0. The number of benzene rings is 1. The van der Waals surface area contributed by atoms with E-state index in [1.54, 1.807) is 0 Å². The minimum atomic E-state index is 0. The van der Waals surface area contributed by atoms with Crippen LogP contribution in [0.2, 0.25) is 0 Å². The molecule has 0 aliphatic rings. The van der Waals surface area contributed by atoms with Crippen molar-refractivity contribution < 1.29 is 5.48 Å². The van der Waals surface area contributed by atoms with Gasteiger partial charge < -0.3 is 11.2 Å². The molecule has 2 heteroatoms. The third-order valence-electron chi connectivity index (χ3n) is 1.50. The van der Waals surface area contributed by atoms with Gasteiger partial charge in [0.25, 0.3) is 0 Å². The highest BCUT2D eigenvalue weighted by molar-refractivity contribution is 5.11. The SMILES string of the molecule is CCCCN.Cc1ccccc1.O. The fourth-order valence-electron chi connectivity index (χ4n) is 0.739. The Morgan fingerprint density at radius 2 is 1.69 bits per heavy atom. The zero-order valence-corrected chi connectivity index (χ0v) is 8.59. The van der Waals surface area contributed by atoms with E-state index in [9.17, 15) is 0 Å². The molecule has 0 unspecified atom stereocenters. The molecular weight excluding hydrogens is 162 g/mol. The van der Waals surface area contributed by atoms with Crippen LogP contribution in [-0.4, -0.2) is 12.0 Å². The summed E-state index contributed by atoms with van der Waals surface area (Å²) in [7, 11) is 0. The third-order valence-corrected chi connectivity index (χ3v) is 1.50. The van der Waals surface area contributed by atoms with Crippen molar-refractivity contribution in [1.29, 1.82) is 0 Å². The van der Waals surface area contributed by atoms with Crippen molar-refractivity contribution in [1.82, 2.24) is 0 Å². The average molecular weight is 183 g/mol. The number of hydrogen-bond acceptors (Lipinski definition) is 1. The Morgan fingerprint density at radius 1 is 1.15 bits per heavy atom. The normalized spacial score (nSPS) is 7.92. The Morgan fingerprint density at radius 3 is 1.85 bits per heavy atom. The zero-order chi connectivity index (χ0) is 9.23. The molecule has 2 nitrogen and oxygen atoms in total. The average Bonchev–Trinajstić information content (AvgIpc) is 2.08. The molecule has 1 rings (SSSR count). The summed E-state index contributed by atoms with van der Waals surface area (Å²) >= 11 is 0. The van der Waals surface area contributed by atoms with Crippen molar-refractivity contribution in [2.24, 2.45) is 5.73 Å². The number of rotatable bonds is 2. The van der Waals surface area contributed by atoms with Crippen LogP contribution in [0.5, 0.6) is 0 Å². The van der Waals surface area contributed by atoms with E-state index in [1.165, 1.54) is 18.4 Å². The van der Waals surface area contributed by atoms with Gasteiger partial charge in [-0.15, -0.1) is 0 Å². The number of aryl methyl sites for hydroxylation is 1. The van der Waals surface area contributed by atoms with Gasteiger partial charge in [-0.05, 0) is 19.9 Å². The highest BCUT2D eigenvalue weighted by Crippen LogP contribution is 1.92. The van der Waals surface area contributed by atoms with Crippen LogP contribution in [0.3, 0.4) is 0 Å². The molecule has 0 bridgehead atoms. The summed E-state index contributed by atoms with van der Waals surface area (Å²) in [6.45, 7) is 5.06. The molecule has 0 saturated heterocycles. The molecular formula is C11H21NO. The van der Waals surface area contributed by atoms with Gasteiger partial charge in [0.05, 0.1) is 0 Å². The first-order valence-electron chi connectivity index (χ1n) is 4.53. The maximum atomic E-state index is 5.14. The smallest absolute Gasteiger partial charge is 0.00774 e. The van der Waals surface area contributed by atoms with E-state index < -0.39 is 0 Å². The molecule has 0 fully saturated rings. The second-order valence-electron chi connectivity index (χ2n) is 2.80. The lowest BCUT2D eigenvalue weighted by Crippen LogP contribution is -1.95. The van der Waals surface area contributed by atoms with Gasteiger partial charge in [0.2, 0.25) is 0 Å². The maximum absolute atomic E-state index is 5.14. The molecule has 1 aromatic carbocycles. The molecule has 0 atom stereocenters. The van der Waals surface area contributed by atoms with Gasteiger partial charge >= 0.3 is 0 Å². The first-order valence-corrected chi connectivity index (χ1v) is 4.53. The van der Waals surface area contributed by atoms with Crippen molar-refractivity contribution >= 4 is 0 Å². The van der Waals surface area contributed by atoms with E-state index in [4.69, 9.17) is 5.73 Å². The van der Waals surface area contributed by atoms with Crippen LogP contribution in [-0.2, 0) is 0 Å². The Balaban J connectivity index is 0. The number of unbranched alkanes of at least 4 members (excludes halogenated alkanes) is 1. The summed E-state index contributed by atoms with van der Waals surface area (Å²) < 4.78 is 0. The van der Waals surface area contributed by atoms with Crippen LogP contribution in [0, 0.1) is 6.92 Å². The fourth-order valence-corrected chi connectivity index (χ4v) is 0.739. The summed E-state index contributed by atoms with van der Waals surface area (Å²) in [5.74, 6) is 0. The zero-order valence-electron chi connectivity index (χ0n) is 8.59. The van der Waals surface area contributed by atoms with Gasteiger partial charge in [-0.2, -0.15) is 0 Å². The van der Waals surface area contributed by atoms with Crippen LogP contribution in [0.4, 0.5) is 0 Å². The van der Waals surface area contributed by atoms with E-state index in [1.807, 2.05) is 18.2 Å². The lowest BCUT2D eigenvalue weighted by molar-refractivity contribution is 0.807. The van der Waals surface area contributed by atoms with Crippen LogP contribution in [0.25, 0.3) is 0 Å². The van der Waals surface area contributed by atoms with Gasteiger partial charge in [0.1, 0.15) is 0 Å².